The molecule has 0 saturated carbocycles. The normalized spacial score (nSPS) is 27.2. The molecule has 0 aromatic heterocycles. The average Bonchev–Trinajstić information content (AvgIpc) is 3.89. The van der Waals surface area contributed by atoms with Crippen LogP contribution in [0.5, 0.6) is 11.5 Å². The Morgan fingerprint density at radius 3 is 2.55 bits per heavy atom. The zero-order valence-corrected chi connectivity index (χ0v) is 42.2. The number of amides is 1. The van der Waals surface area contributed by atoms with Crippen molar-refractivity contribution in [1.82, 2.24) is 26.6 Å². The van der Waals surface area contributed by atoms with Crippen molar-refractivity contribution < 1.29 is 68.4 Å². The molecule has 5 aliphatic heterocycles. The molecule has 11 unspecified atom stereocenters. The van der Waals surface area contributed by atoms with Crippen LogP contribution in [0.2, 0.25) is 0 Å². The molecule has 6 aliphatic rings. The van der Waals surface area contributed by atoms with Gasteiger partial charge in [-0.05, 0) is 77.8 Å². The first-order valence-corrected chi connectivity index (χ1v) is 26.1. The van der Waals surface area contributed by atoms with Crippen molar-refractivity contribution >= 4 is 29.4 Å². The number of allylic oxidation sites excluding steroid dienone is 1. The highest BCUT2D eigenvalue weighted by Gasteiger charge is 2.50. The molecule has 11 atom stereocenters. The second-order valence-electron chi connectivity index (χ2n) is 20.0. The van der Waals surface area contributed by atoms with E-state index in [1.54, 1.807) is 12.1 Å². The van der Waals surface area contributed by atoms with Crippen LogP contribution in [0.1, 0.15) is 85.7 Å². The Morgan fingerprint density at radius 1 is 0.922 bits per heavy atom. The molecule has 408 valence electrons. The number of benzene rings is 4. The fraction of sp³-hybridized carbons (Fsp3) is 0.429. The zero-order chi connectivity index (χ0) is 53.7. The minimum Gasteiger partial charge on any atom is -0.486 e. The molecule has 3 saturated heterocycles. The number of nitrogens with zero attached hydrogens (tertiary/aromatic N) is 1. The quantitative estimate of drug-likeness (QED) is 0.0536. The van der Waals surface area contributed by atoms with Gasteiger partial charge in [-0.2, -0.15) is 0 Å². The molecule has 21 nitrogen and oxygen atoms in total. The Labute approximate surface area is 444 Å². The first-order valence-electron chi connectivity index (χ1n) is 26.1. The van der Waals surface area contributed by atoms with Gasteiger partial charge in [0, 0.05) is 60.0 Å². The summed E-state index contributed by atoms with van der Waals surface area (Å²) >= 11 is 0. The van der Waals surface area contributed by atoms with Gasteiger partial charge in [-0.3, -0.25) is 30.8 Å². The average molecular weight is 1060 g/mol. The maximum atomic E-state index is 15.2. The van der Waals surface area contributed by atoms with Gasteiger partial charge in [0.2, 0.25) is 12.2 Å². The van der Waals surface area contributed by atoms with Gasteiger partial charge in [0.05, 0.1) is 50.6 Å². The number of dihydropyridines is 1. The van der Waals surface area contributed by atoms with E-state index in [1.165, 1.54) is 12.1 Å². The fourth-order valence-corrected chi connectivity index (χ4v) is 11.1. The number of aliphatic hydroxyl groups excluding tert-OH is 5. The number of aldehydes is 1. The topological polar surface area (TPSA) is 305 Å². The molecule has 1 aliphatic carbocycles. The van der Waals surface area contributed by atoms with Crippen LogP contribution in [0.4, 0.5) is 5.69 Å². The highest BCUT2D eigenvalue weighted by atomic mass is 16.7. The lowest BCUT2D eigenvalue weighted by Crippen LogP contribution is -2.70. The number of ether oxygens (including phenoxy) is 5. The smallest absolute Gasteiger partial charge is 0.242 e. The molecule has 3 fully saturated rings. The monoisotopic (exact) mass is 1060 g/mol. The Balaban J connectivity index is 1.12. The predicted molar refractivity (Wildman–Crippen MR) is 277 cm³/mol. The Morgan fingerprint density at radius 2 is 1.74 bits per heavy atom. The second-order valence-corrected chi connectivity index (χ2v) is 20.0. The Kier molecular flexibility index (Phi) is 16.7. The number of fused-ring (bicyclic) bond motifs is 6. The minimum atomic E-state index is -1.63. The van der Waals surface area contributed by atoms with Crippen molar-refractivity contribution in [3.05, 3.63) is 147 Å². The SMILES string of the molecule is NC1NC(=O)C2NCN(c3ccccc3C3c4cc5c(c(OCC(O)CC=O)c4OC4OC(COCC3CCCO)C(O)C(O)C4OCCC3=CCNC(NCc4ccccc4)=C3)C(=O)c3cc(CO)ccc3C5=O)C2N1. The molecule has 2 bridgehead atoms. The third-order valence-corrected chi connectivity index (χ3v) is 15.0. The summed E-state index contributed by atoms with van der Waals surface area (Å²) in [5.41, 5.74) is 9.95. The number of carbonyl (C=O) groups is 4. The van der Waals surface area contributed by atoms with Crippen molar-refractivity contribution in [2.24, 2.45) is 11.7 Å². The van der Waals surface area contributed by atoms with Crippen LogP contribution in [0.15, 0.2) is 102 Å². The summed E-state index contributed by atoms with van der Waals surface area (Å²) in [6.07, 6.45) is -5.10. The summed E-state index contributed by atoms with van der Waals surface area (Å²) in [6.45, 7) is -0.110. The zero-order valence-electron chi connectivity index (χ0n) is 42.2. The molecule has 1 amide bonds. The van der Waals surface area contributed by atoms with Crippen molar-refractivity contribution in [3.63, 3.8) is 0 Å². The van der Waals surface area contributed by atoms with Gasteiger partial charge in [0.25, 0.3) is 0 Å². The van der Waals surface area contributed by atoms with E-state index in [-0.39, 0.29) is 91.2 Å². The number of nitrogens with two attached hydrogens (primary N) is 1. The molecule has 5 heterocycles. The van der Waals surface area contributed by atoms with E-state index < -0.39 is 91.9 Å². The molecular weight excluding hydrogens is 995 g/mol. The van der Waals surface area contributed by atoms with Crippen LogP contribution in [-0.4, -0.2) is 151 Å². The van der Waals surface area contributed by atoms with Crippen LogP contribution in [-0.2, 0) is 37.0 Å². The number of rotatable bonds is 18. The molecule has 12 N–H and O–H groups in total. The number of hydrogen-bond donors (Lipinski definition) is 11. The lowest BCUT2D eigenvalue weighted by molar-refractivity contribution is -0.289. The molecule has 0 radical (unpaired) electrons. The van der Waals surface area contributed by atoms with Crippen LogP contribution in [0, 0.1) is 5.92 Å². The summed E-state index contributed by atoms with van der Waals surface area (Å²) in [7, 11) is 0. The second kappa shape index (κ2) is 24.0. The number of carbonyl (C=O) groups excluding carboxylic acids is 4. The van der Waals surface area contributed by atoms with Crippen molar-refractivity contribution in [2.75, 3.05) is 51.1 Å². The van der Waals surface area contributed by atoms with Gasteiger partial charge < -0.3 is 74.9 Å². The standard InChI is InChI=1S/C56H65N7O14/c57-56-61-53-45(54(72)62-56)60-29-63(53)40-11-5-4-10-36(40)43-33(9-6-18-64)26-73-28-41-48(70)49(71)52(74-20-16-30-14-17-58-42(22-30)59-24-31-7-2-1-3-8-31)55(76-41)77-50-39(43)23-38-44(51(50)75-27-34(67)15-19-65)47(69)37-21-32(25-66)12-13-35(37)46(38)68/h1-5,7-8,10-14,19,21-23,33-34,41,43,45,48-49,52-53,55-56,58-61,64,66-67,70-71H,6,9,15-18,20,24-29,57H2,(H,62,72). The first-order chi connectivity index (χ1) is 37.5. The van der Waals surface area contributed by atoms with E-state index in [1.807, 2.05) is 71.6 Å². The van der Waals surface area contributed by atoms with E-state index in [0.717, 1.165) is 17.0 Å². The number of ketones is 2. The predicted octanol–water partition coefficient (Wildman–Crippen LogP) is 0.619. The fourth-order valence-electron chi connectivity index (χ4n) is 11.1. The van der Waals surface area contributed by atoms with Gasteiger partial charge in [0.1, 0.15) is 55.8 Å². The van der Waals surface area contributed by atoms with Crippen molar-refractivity contribution in [1.29, 1.82) is 0 Å². The highest BCUT2D eigenvalue weighted by Crippen LogP contribution is 2.52. The van der Waals surface area contributed by atoms with Crippen LogP contribution >= 0.6 is 0 Å². The Bertz CT molecular complexity index is 2890. The summed E-state index contributed by atoms with van der Waals surface area (Å²) in [5, 5.41) is 71.6. The summed E-state index contributed by atoms with van der Waals surface area (Å²) in [4.78, 5) is 57.2. The lowest BCUT2D eigenvalue weighted by Gasteiger charge is -2.42. The van der Waals surface area contributed by atoms with Crippen LogP contribution in [0.25, 0.3) is 0 Å². The Hall–Kier alpha value is -6.60. The van der Waals surface area contributed by atoms with E-state index in [2.05, 4.69) is 26.6 Å². The number of para-hydroxylation sites is 1. The summed E-state index contributed by atoms with van der Waals surface area (Å²) in [5.74, 6) is -2.61. The third-order valence-electron chi connectivity index (χ3n) is 15.0. The van der Waals surface area contributed by atoms with Gasteiger partial charge in [-0.1, -0.05) is 60.7 Å². The van der Waals surface area contributed by atoms with Gasteiger partial charge in [-0.25, -0.2) is 0 Å². The summed E-state index contributed by atoms with van der Waals surface area (Å²) in [6, 6.07) is 22.7. The van der Waals surface area contributed by atoms with Gasteiger partial charge >= 0.3 is 0 Å². The van der Waals surface area contributed by atoms with Crippen LogP contribution < -0.4 is 46.7 Å². The molecule has 0 spiro atoms. The van der Waals surface area contributed by atoms with E-state index in [9.17, 15) is 35.1 Å². The molecule has 21 heteroatoms. The number of anilines is 1. The number of nitrogens with one attached hydrogen (secondary N) is 5. The van der Waals surface area contributed by atoms with E-state index in [0.29, 0.717) is 49.0 Å². The highest BCUT2D eigenvalue weighted by molar-refractivity contribution is 6.29. The maximum absolute atomic E-state index is 15.2. The molecule has 4 aromatic carbocycles. The van der Waals surface area contributed by atoms with E-state index >= 15 is 9.59 Å². The molecule has 4 aromatic rings. The van der Waals surface area contributed by atoms with Crippen molar-refractivity contribution in [2.45, 2.75) is 100 Å². The molecule has 77 heavy (non-hydrogen) atoms. The van der Waals surface area contributed by atoms with Crippen LogP contribution in [0.3, 0.4) is 0 Å². The van der Waals surface area contributed by atoms with E-state index in [4.69, 9.17) is 29.4 Å². The minimum absolute atomic E-state index is 0.0172. The first kappa shape index (κ1) is 53.8. The van der Waals surface area contributed by atoms with Gasteiger partial charge in [0.15, 0.2) is 23.1 Å². The lowest BCUT2D eigenvalue weighted by atomic mass is 9.74. The van der Waals surface area contributed by atoms with Gasteiger partial charge in [-0.15, -0.1) is 0 Å². The largest absolute Gasteiger partial charge is 0.486 e. The summed E-state index contributed by atoms with van der Waals surface area (Å²) < 4.78 is 33.2. The van der Waals surface area contributed by atoms with Crippen molar-refractivity contribution in [3.8, 4) is 11.5 Å². The molecular formula is C56H65N7O14. The number of aliphatic hydroxyl groups is 5. The third kappa shape index (κ3) is 11.3. The molecule has 10 rings (SSSR count). The maximum Gasteiger partial charge on any atom is 0.242 e. The number of hydrogen-bond acceptors (Lipinski definition) is 20.